The minimum absolute atomic E-state index is 0.0465. The van der Waals surface area contributed by atoms with E-state index in [0.29, 0.717) is 0 Å². The van der Waals surface area contributed by atoms with Gasteiger partial charge in [-0.1, -0.05) is 0 Å². The molecule has 0 aromatic heterocycles. The zero-order valence-corrected chi connectivity index (χ0v) is 8.50. The predicted molar refractivity (Wildman–Crippen MR) is 46.7 cm³/mol. The van der Waals surface area contributed by atoms with E-state index in [2.05, 4.69) is 0 Å². The second kappa shape index (κ2) is 3.82. The maximum absolute atomic E-state index is 12.5. The van der Waals surface area contributed by atoms with Crippen LogP contribution in [0.15, 0.2) is 0 Å². The van der Waals surface area contributed by atoms with Crippen LogP contribution in [0.5, 0.6) is 0 Å². The van der Waals surface area contributed by atoms with Crippen LogP contribution in [-0.2, 0) is 15.0 Å². The summed E-state index contributed by atoms with van der Waals surface area (Å²) < 4.78 is 33.5. The van der Waals surface area contributed by atoms with Crippen molar-refractivity contribution in [2.75, 3.05) is 13.1 Å². The van der Waals surface area contributed by atoms with Crippen LogP contribution >= 0.6 is 0 Å². The zero-order chi connectivity index (χ0) is 10.9. The van der Waals surface area contributed by atoms with Crippen LogP contribution in [0.1, 0.15) is 13.3 Å². The molecule has 0 bridgehead atoms. The van der Waals surface area contributed by atoms with Gasteiger partial charge in [0.1, 0.15) is 5.25 Å². The highest BCUT2D eigenvalue weighted by molar-refractivity contribution is 7.87. The fourth-order valence-corrected chi connectivity index (χ4v) is 2.12. The monoisotopic (exact) mass is 225 g/mol. The maximum Gasteiger partial charge on any atom is 0.307 e. The maximum atomic E-state index is 12.5. The molecule has 1 N–H and O–H groups in total. The third kappa shape index (κ3) is 2.65. The van der Waals surface area contributed by atoms with Crippen molar-refractivity contribution in [3.63, 3.8) is 0 Å². The van der Waals surface area contributed by atoms with Crippen LogP contribution in [-0.4, -0.2) is 48.8 Å². The number of likely N-dealkylation sites (tertiary alicyclic amines) is 1. The van der Waals surface area contributed by atoms with Gasteiger partial charge in [0, 0.05) is 19.5 Å². The lowest BCUT2D eigenvalue weighted by molar-refractivity contribution is -0.128. The average molecular weight is 225 g/mol. The summed E-state index contributed by atoms with van der Waals surface area (Å²) in [6, 6.07) is 0. The van der Waals surface area contributed by atoms with Gasteiger partial charge in [-0.25, -0.2) is 0 Å². The van der Waals surface area contributed by atoms with Crippen LogP contribution in [0.25, 0.3) is 0 Å². The topological polar surface area (TPSA) is 74.7 Å². The van der Waals surface area contributed by atoms with Crippen LogP contribution in [0.4, 0.5) is 3.89 Å². The van der Waals surface area contributed by atoms with Crippen molar-refractivity contribution in [1.82, 2.24) is 4.90 Å². The molecular weight excluding hydrogens is 213 g/mol. The fraction of sp³-hybridized carbons (Fsp3) is 0.857. The second-order valence-electron chi connectivity index (χ2n) is 3.45. The van der Waals surface area contributed by atoms with E-state index in [1.54, 1.807) is 0 Å². The van der Waals surface area contributed by atoms with Crippen LogP contribution in [0.3, 0.4) is 0 Å². The summed E-state index contributed by atoms with van der Waals surface area (Å²) in [5, 5.41) is 7.71. The van der Waals surface area contributed by atoms with Gasteiger partial charge in [-0.05, 0) is 6.92 Å². The minimum atomic E-state index is -4.65. The summed E-state index contributed by atoms with van der Waals surface area (Å²) in [6.07, 6.45) is -1.06. The summed E-state index contributed by atoms with van der Waals surface area (Å²) in [6.45, 7) is 1.36. The number of aliphatic hydroxyl groups is 1. The number of halogens is 1. The van der Waals surface area contributed by atoms with Gasteiger partial charge in [0.2, 0.25) is 5.91 Å². The molecule has 1 amide bonds. The highest BCUT2D eigenvalue weighted by atomic mass is 32.3. The Balaban J connectivity index is 2.65. The quantitative estimate of drug-likeness (QED) is 0.642. The molecule has 1 aliphatic rings. The Morgan fingerprint density at radius 3 is 2.64 bits per heavy atom. The van der Waals surface area contributed by atoms with Crippen molar-refractivity contribution in [3.05, 3.63) is 0 Å². The van der Waals surface area contributed by atoms with Crippen LogP contribution in [0.2, 0.25) is 0 Å². The largest absolute Gasteiger partial charge is 0.392 e. The zero-order valence-electron chi connectivity index (χ0n) is 7.68. The molecule has 1 unspecified atom stereocenters. The Morgan fingerprint density at radius 2 is 2.29 bits per heavy atom. The van der Waals surface area contributed by atoms with Gasteiger partial charge in [0.25, 0.3) is 0 Å². The smallest absolute Gasteiger partial charge is 0.307 e. The number of carbonyl (C=O) groups is 1. The Labute approximate surface area is 81.7 Å². The molecule has 1 fully saturated rings. The molecule has 0 radical (unpaired) electrons. The lowest BCUT2D eigenvalue weighted by Crippen LogP contribution is -2.33. The first-order chi connectivity index (χ1) is 6.30. The second-order valence-corrected chi connectivity index (χ2v) is 5.07. The number of nitrogens with zero attached hydrogens (tertiary/aromatic N) is 1. The summed E-state index contributed by atoms with van der Waals surface area (Å²) in [4.78, 5) is 12.3. The van der Waals surface area contributed by atoms with Gasteiger partial charge in [-0.2, -0.15) is 8.42 Å². The molecule has 5 nitrogen and oxygen atoms in total. The lowest BCUT2D eigenvalue weighted by atomic mass is 10.4. The highest BCUT2D eigenvalue weighted by Crippen LogP contribution is 2.19. The molecule has 1 rings (SSSR count). The minimum Gasteiger partial charge on any atom is -0.392 e. The van der Waals surface area contributed by atoms with E-state index in [1.807, 2.05) is 0 Å². The Morgan fingerprint density at radius 1 is 1.71 bits per heavy atom. The van der Waals surface area contributed by atoms with E-state index in [1.165, 1.54) is 6.92 Å². The van der Waals surface area contributed by atoms with Gasteiger partial charge in [-0.3, -0.25) is 4.79 Å². The van der Waals surface area contributed by atoms with Gasteiger partial charge in [0.15, 0.2) is 0 Å². The predicted octanol–water partition coefficient (Wildman–Crippen LogP) is -0.733. The molecule has 82 valence electrons. The number of carbonyl (C=O) groups excluding carboxylic acids is 1. The molecule has 0 saturated carbocycles. The van der Waals surface area contributed by atoms with E-state index in [-0.39, 0.29) is 19.5 Å². The normalized spacial score (nSPS) is 25.5. The number of hydrogen-bond donors (Lipinski definition) is 1. The van der Waals surface area contributed by atoms with Gasteiger partial charge in [-0.15, -0.1) is 3.89 Å². The first-order valence-electron chi connectivity index (χ1n) is 4.20. The number of hydrogen-bond acceptors (Lipinski definition) is 4. The molecule has 0 aromatic rings. The molecule has 0 spiro atoms. The SMILES string of the molecule is C[C@H](O)CN1CC(S(=O)(=O)F)CC1=O. The summed E-state index contributed by atoms with van der Waals surface area (Å²) >= 11 is 0. The molecule has 0 aromatic carbocycles. The molecule has 2 atom stereocenters. The molecule has 0 aliphatic carbocycles. The Bertz CT molecular complexity index is 327. The molecule has 1 heterocycles. The Kier molecular flexibility index (Phi) is 3.10. The van der Waals surface area contributed by atoms with Crippen molar-refractivity contribution in [2.24, 2.45) is 0 Å². The number of aliphatic hydroxyl groups excluding tert-OH is 1. The molecule has 1 aliphatic heterocycles. The summed E-state index contributed by atoms with van der Waals surface area (Å²) in [7, 11) is -4.65. The molecule has 14 heavy (non-hydrogen) atoms. The molecule has 7 heteroatoms. The van der Waals surface area contributed by atoms with E-state index in [4.69, 9.17) is 5.11 Å². The average Bonchev–Trinajstić information content (AvgIpc) is 2.30. The standard InChI is InChI=1S/C7H12FNO4S/c1-5(10)3-9-4-6(2-7(9)11)14(8,12)13/h5-6,10H,2-4H2,1H3/t5-,6?/m0/s1. The van der Waals surface area contributed by atoms with Crippen molar-refractivity contribution in [3.8, 4) is 0 Å². The number of rotatable bonds is 3. The third-order valence-corrected chi connectivity index (χ3v) is 3.17. The molecule has 1 saturated heterocycles. The van der Waals surface area contributed by atoms with E-state index < -0.39 is 27.5 Å². The van der Waals surface area contributed by atoms with E-state index >= 15 is 0 Å². The van der Waals surface area contributed by atoms with Gasteiger partial charge in [0.05, 0.1) is 6.10 Å². The first-order valence-corrected chi connectivity index (χ1v) is 5.64. The van der Waals surface area contributed by atoms with Crippen LogP contribution in [0, 0.1) is 0 Å². The fourth-order valence-electron chi connectivity index (χ4n) is 1.42. The van der Waals surface area contributed by atoms with Crippen molar-refractivity contribution in [2.45, 2.75) is 24.7 Å². The van der Waals surface area contributed by atoms with E-state index in [0.717, 1.165) is 4.90 Å². The number of amides is 1. The summed E-state index contributed by atoms with van der Waals surface area (Å²) in [5.41, 5.74) is 0. The van der Waals surface area contributed by atoms with Crippen LogP contribution < -0.4 is 0 Å². The first kappa shape index (κ1) is 11.4. The Hall–Kier alpha value is -0.690. The van der Waals surface area contributed by atoms with Crippen molar-refractivity contribution >= 4 is 16.1 Å². The number of β-amino-alcohol motifs (C(OH)–C–C–N with tert-alkyl or cyclic N) is 1. The van der Waals surface area contributed by atoms with Crippen molar-refractivity contribution < 1.29 is 22.2 Å². The lowest BCUT2D eigenvalue weighted by Gasteiger charge is -2.17. The van der Waals surface area contributed by atoms with Crippen molar-refractivity contribution in [1.29, 1.82) is 0 Å². The molecular formula is C7H12FNO4S. The van der Waals surface area contributed by atoms with Gasteiger partial charge >= 0.3 is 10.2 Å². The van der Waals surface area contributed by atoms with Gasteiger partial charge < -0.3 is 10.0 Å². The highest BCUT2D eigenvalue weighted by Gasteiger charge is 2.38. The third-order valence-electron chi connectivity index (χ3n) is 2.06. The summed E-state index contributed by atoms with van der Waals surface area (Å²) in [5.74, 6) is -0.433. The van der Waals surface area contributed by atoms with E-state index in [9.17, 15) is 17.1 Å².